The predicted molar refractivity (Wildman–Crippen MR) is 82.3 cm³/mol. The summed E-state index contributed by atoms with van der Waals surface area (Å²) in [4.78, 5) is 17.2. The molecule has 5 heteroatoms. The third-order valence-corrected chi connectivity index (χ3v) is 4.82. The number of hydrogen-bond donors (Lipinski definition) is 2. The molecule has 3 atom stereocenters. The Labute approximate surface area is 126 Å². The molecular formula is C16H24N4O. The molecule has 1 amide bonds. The van der Waals surface area contributed by atoms with Crippen LogP contribution in [0.1, 0.15) is 31.4 Å². The van der Waals surface area contributed by atoms with E-state index >= 15 is 0 Å². The highest BCUT2D eigenvalue weighted by atomic mass is 16.2. The zero-order valence-electron chi connectivity index (χ0n) is 12.5. The summed E-state index contributed by atoms with van der Waals surface area (Å²) >= 11 is 0. The van der Waals surface area contributed by atoms with Crippen molar-refractivity contribution in [1.29, 1.82) is 0 Å². The molecule has 0 aromatic heterocycles. The number of hydrazine groups is 1. The van der Waals surface area contributed by atoms with E-state index in [9.17, 15) is 4.79 Å². The Balaban J connectivity index is 1.87. The number of benzene rings is 1. The number of nitrogens with two attached hydrogens (primary N) is 1. The zero-order valence-corrected chi connectivity index (χ0v) is 12.5. The number of nitrogens with zero attached hydrogens (tertiary/aromatic N) is 2. The molecule has 2 fully saturated rings. The molecule has 2 heterocycles. The van der Waals surface area contributed by atoms with Gasteiger partial charge in [0.05, 0.1) is 0 Å². The van der Waals surface area contributed by atoms with Gasteiger partial charge in [-0.3, -0.25) is 20.0 Å². The van der Waals surface area contributed by atoms with Crippen molar-refractivity contribution < 1.29 is 4.79 Å². The number of fused-ring (bicyclic) bond motifs is 1. The molecule has 21 heavy (non-hydrogen) atoms. The van der Waals surface area contributed by atoms with Crippen molar-refractivity contribution in [3.63, 3.8) is 0 Å². The molecule has 3 unspecified atom stereocenters. The normalized spacial score (nSPS) is 28.1. The highest BCUT2D eigenvalue weighted by molar-refractivity contribution is 5.82. The van der Waals surface area contributed by atoms with Crippen molar-refractivity contribution in [3.05, 3.63) is 35.9 Å². The van der Waals surface area contributed by atoms with E-state index in [-0.39, 0.29) is 11.9 Å². The molecule has 0 bridgehead atoms. The van der Waals surface area contributed by atoms with E-state index in [0.717, 1.165) is 18.7 Å². The average molecular weight is 288 g/mol. The van der Waals surface area contributed by atoms with Gasteiger partial charge in [-0.05, 0) is 31.9 Å². The highest BCUT2D eigenvalue weighted by Crippen LogP contribution is 2.31. The molecule has 0 saturated carbocycles. The van der Waals surface area contributed by atoms with Gasteiger partial charge in [0.2, 0.25) is 0 Å². The van der Waals surface area contributed by atoms with Crippen LogP contribution in [0.4, 0.5) is 0 Å². The van der Waals surface area contributed by atoms with E-state index in [0.29, 0.717) is 12.1 Å². The average Bonchev–Trinajstić information content (AvgIpc) is 2.95. The maximum Gasteiger partial charge on any atom is 0.255 e. The van der Waals surface area contributed by atoms with Crippen LogP contribution in [0.3, 0.4) is 0 Å². The monoisotopic (exact) mass is 288 g/mol. The van der Waals surface area contributed by atoms with Gasteiger partial charge in [-0.2, -0.15) is 0 Å². The van der Waals surface area contributed by atoms with Crippen molar-refractivity contribution in [2.24, 2.45) is 5.84 Å². The molecule has 2 aliphatic heterocycles. The van der Waals surface area contributed by atoms with Crippen molar-refractivity contribution in [2.75, 3.05) is 19.6 Å². The molecule has 3 rings (SSSR count). The highest BCUT2D eigenvalue weighted by Gasteiger charge is 2.39. The number of hydrogen-bond acceptors (Lipinski definition) is 4. The van der Waals surface area contributed by atoms with Gasteiger partial charge in [0.25, 0.3) is 5.91 Å². The SMILES string of the molecule is CC1CN2CCCC2CN1C(C(=O)NN)c1ccccc1. The van der Waals surface area contributed by atoms with Gasteiger partial charge in [0.1, 0.15) is 6.04 Å². The van der Waals surface area contributed by atoms with Gasteiger partial charge >= 0.3 is 0 Å². The van der Waals surface area contributed by atoms with Crippen LogP contribution in [0.15, 0.2) is 30.3 Å². The quantitative estimate of drug-likeness (QED) is 0.492. The first-order valence-electron chi connectivity index (χ1n) is 7.76. The van der Waals surface area contributed by atoms with Crippen LogP contribution in [0.2, 0.25) is 0 Å². The van der Waals surface area contributed by atoms with Gasteiger partial charge < -0.3 is 0 Å². The Morgan fingerprint density at radius 1 is 1.33 bits per heavy atom. The number of rotatable bonds is 3. The molecule has 114 valence electrons. The lowest BCUT2D eigenvalue weighted by Gasteiger charge is -2.45. The van der Waals surface area contributed by atoms with Crippen LogP contribution in [-0.2, 0) is 4.79 Å². The smallest absolute Gasteiger partial charge is 0.255 e. The molecule has 3 N–H and O–H groups in total. The fourth-order valence-corrected chi connectivity index (χ4v) is 3.78. The van der Waals surface area contributed by atoms with E-state index < -0.39 is 0 Å². The lowest BCUT2D eigenvalue weighted by atomic mass is 9.99. The number of nitrogens with one attached hydrogen (secondary N) is 1. The van der Waals surface area contributed by atoms with Crippen LogP contribution in [0, 0.1) is 0 Å². The lowest BCUT2D eigenvalue weighted by Crippen LogP contribution is -2.58. The molecule has 0 radical (unpaired) electrons. The Morgan fingerprint density at radius 3 is 2.81 bits per heavy atom. The Bertz CT molecular complexity index is 492. The Morgan fingerprint density at radius 2 is 2.10 bits per heavy atom. The first kappa shape index (κ1) is 14.5. The third-order valence-electron chi connectivity index (χ3n) is 4.82. The van der Waals surface area contributed by atoms with E-state index in [1.807, 2.05) is 30.3 Å². The summed E-state index contributed by atoms with van der Waals surface area (Å²) in [5.41, 5.74) is 3.36. The van der Waals surface area contributed by atoms with Gasteiger partial charge in [0.15, 0.2) is 0 Å². The van der Waals surface area contributed by atoms with Gasteiger partial charge in [-0.25, -0.2) is 5.84 Å². The second kappa shape index (κ2) is 6.13. The van der Waals surface area contributed by atoms with Crippen LogP contribution >= 0.6 is 0 Å². The molecule has 1 aromatic carbocycles. The maximum atomic E-state index is 12.4. The summed E-state index contributed by atoms with van der Waals surface area (Å²) < 4.78 is 0. The molecule has 1 aromatic rings. The van der Waals surface area contributed by atoms with Crippen molar-refractivity contribution >= 4 is 5.91 Å². The van der Waals surface area contributed by atoms with Gasteiger partial charge in [0, 0.05) is 25.2 Å². The second-order valence-corrected chi connectivity index (χ2v) is 6.16. The van der Waals surface area contributed by atoms with E-state index in [1.54, 1.807) is 0 Å². The molecule has 2 aliphatic rings. The van der Waals surface area contributed by atoms with Crippen molar-refractivity contribution in [3.8, 4) is 0 Å². The van der Waals surface area contributed by atoms with Crippen molar-refractivity contribution in [1.82, 2.24) is 15.2 Å². The van der Waals surface area contributed by atoms with E-state index in [4.69, 9.17) is 5.84 Å². The van der Waals surface area contributed by atoms with E-state index in [1.165, 1.54) is 19.4 Å². The lowest BCUT2D eigenvalue weighted by molar-refractivity contribution is -0.129. The van der Waals surface area contributed by atoms with Gasteiger partial charge in [-0.15, -0.1) is 0 Å². The molecule has 0 spiro atoms. The van der Waals surface area contributed by atoms with Gasteiger partial charge in [-0.1, -0.05) is 30.3 Å². The predicted octanol–water partition coefficient (Wildman–Crippen LogP) is 0.886. The fraction of sp³-hybridized carbons (Fsp3) is 0.562. The van der Waals surface area contributed by atoms with Crippen LogP contribution in [0.5, 0.6) is 0 Å². The summed E-state index contributed by atoms with van der Waals surface area (Å²) in [6.45, 7) is 5.37. The number of piperazine rings is 1. The third kappa shape index (κ3) is 2.81. The molecular weight excluding hydrogens is 264 g/mol. The Kier molecular flexibility index (Phi) is 4.24. The topological polar surface area (TPSA) is 61.6 Å². The standard InChI is InChI=1S/C16H24N4O/c1-12-10-19-9-5-8-14(19)11-20(12)15(16(21)18-17)13-6-3-2-4-7-13/h2-4,6-7,12,14-15H,5,8-11,17H2,1H3,(H,18,21). The first-order chi connectivity index (χ1) is 10.2. The summed E-state index contributed by atoms with van der Waals surface area (Å²) in [7, 11) is 0. The summed E-state index contributed by atoms with van der Waals surface area (Å²) in [6.07, 6.45) is 2.50. The van der Waals surface area contributed by atoms with Crippen LogP contribution in [0.25, 0.3) is 0 Å². The number of carbonyl (C=O) groups excluding carboxylic acids is 1. The minimum atomic E-state index is -0.297. The van der Waals surface area contributed by atoms with Crippen LogP contribution in [-0.4, -0.2) is 47.4 Å². The minimum absolute atomic E-state index is 0.125. The largest absolute Gasteiger partial charge is 0.298 e. The van der Waals surface area contributed by atoms with Crippen molar-refractivity contribution in [2.45, 2.75) is 37.9 Å². The number of carbonyl (C=O) groups is 1. The summed E-state index contributed by atoms with van der Waals surface area (Å²) in [5.74, 6) is 5.31. The Hall–Kier alpha value is -1.43. The maximum absolute atomic E-state index is 12.4. The summed E-state index contributed by atoms with van der Waals surface area (Å²) in [5, 5.41) is 0. The molecule has 5 nitrogen and oxygen atoms in total. The van der Waals surface area contributed by atoms with Crippen LogP contribution < -0.4 is 11.3 Å². The second-order valence-electron chi connectivity index (χ2n) is 6.16. The zero-order chi connectivity index (χ0) is 14.8. The first-order valence-corrected chi connectivity index (χ1v) is 7.76. The van der Waals surface area contributed by atoms with E-state index in [2.05, 4.69) is 22.1 Å². The molecule has 2 saturated heterocycles. The molecule has 0 aliphatic carbocycles. The summed E-state index contributed by atoms with van der Waals surface area (Å²) in [6, 6.07) is 10.6. The minimum Gasteiger partial charge on any atom is -0.298 e. The number of amides is 1. The fourth-order valence-electron chi connectivity index (χ4n) is 3.78.